The molecule has 0 atom stereocenters. The molecule has 8 heteroatoms. The average Bonchev–Trinajstić information content (AvgIpc) is 2.97. The molecule has 1 amide bonds. The van der Waals surface area contributed by atoms with E-state index in [1.807, 2.05) is 36.6 Å². The maximum absolute atomic E-state index is 12.4. The summed E-state index contributed by atoms with van der Waals surface area (Å²) in [5.41, 5.74) is 1.98. The van der Waals surface area contributed by atoms with Crippen LogP contribution in [0.3, 0.4) is 0 Å². The lowest BCUT2D eigenvalue weighted by atomic mass is 10.2. The van der Waals surface area contributed by atoms with Gasteiger partial charge in [0, 0.05) is 18.0 Å². The van der Waals surface area contributed by atoms with Crippen LogP contribution in [0, 0.1) is 6.92 Å². The molecule has 0 unspecified atom stereocenters. The standard InChI is InChI=1S/C20H21ClN2O3S2/c1-3-23-17-11-8-15(21)13-18(17)27-20(23)22-19(24)5-4-12-28(25,26)16-9-6-14(2)7-10-16/h6-11,13H,3-5,12H2,1-2H3. The van der Waals surface area contributed by atoms with E-state index < -0.39 is 9.84 Å². The van der Waals surface area contributed by atoms with Gasteiger partial charge in [0.15, 0.2) is 14.6 Å². The summed E-state index contributed by atoms with van der Waals surface area (Å²) in [4.78, 5) is 17.4. The van der Waals surface area contributed by atoms with Crippen LogP contribution in [0.15, 0.2) is 52.4 Å². The number of aromatic nitrogens is 1. The highest BCUT2D eigenvalue weighted by atomic mass is 35.5. The second-order valence-electron chi connectivity index (χ2n) is 6.48. The molecule has 1 heterocycles. The van der Waals surface area contributed by atoms with Crippen LogP contribution >= 0.6 is 22.9 Å². The molecule has 0 saturated heterocycles. The number of amides is 1. The summed E-state index contributed by atoms with van der Waals surface area (Å²) >= 11 is 7.44. The smallest absolute Gasteiger partial charge is 0.248 e. The summed E-state index contributed by atoms with van der Waals surface area (Å²) in [6.07, 6.45) is 0.325. The normalized spacial score (nSPS) is 12.6. The van der Waals surface area contributed by atoms with Crippen molar-refractivity contribution in [2.75, 3.05) is 5.75 Å². The lowest BCUT2D eigenvalue weighted by molar-refractivity contribution is -0.118. The predicted molar refractivity (Wildman–Crippen MR) is 114 cm³/mol. The molecule has 0 spiro atoms. The molecular formula is C20H21ClN2O3S2. The van der Waals surface area contributed by atoms with Crippen LogP contribution in [0.4, 0.5) is 0 Å². The van der Waals surface area contributed by atoms with Gasteiger partial charge in [-0.25, -0.2) is 8.42 Å². The van der Waals surface area contributed by atoms with Crippen LogP contribution in [-0.2, 0) is 21.2 Å². The van der Waals surface area contributed by atoms with Gasteiger partial charge >= 0.3 is 0 Å². The predicted octanol–water partition coefficient (Wildman–Crippen LogP) is 4.37. The molecule has 0 saturated carbocycles. The highest BCUT2D eigenvalue weighted by Gasteiger charge is 2.15. The molecule has 5 nitrogen and oxygen atoms in total. The van der Waals surface area contributed by atoms with Crippen molar-refractivity contribution in [2.24, 2.45) is 4.99 Å². The van der Waals surface area contributed by atoms with Gasteiger partial charge < -0.3 is 4.57 Å². The zero-order valence-electron chi connectivity index (χ0n) is 15.7. The summed E-state index contributed by atoms with van der Waals surface area (Å²) in [5.74, 6) is -0.397. The maximum Gasteiger partial charge on any atom is 0.248 e. The number of hydrogen-bond donors (Lipinski definition) is 0. The Labute approximate surface area is 173 Å². The third kappa shape index (κ3) is 4.71. The Morgan fingerprint density at radius 1 is 1.18 bits per heavy atom. The number of hydrogen-bond acceptors (Lipinski definition) is 4. The topological polar surface area (TPSA) is 68.5 Å². The fraction of sp³-hybridized carbons (Fsp3) is 0.300. The third-order valence-corrected chi connectivity index (χ3v) is 7.46. The summed E-state index contributed by atoms with van der Waals surface area (Å²) < 4.78 is 27.7. The lowest BCUT2D eigenvalue weighted by Crippen LogP contribution is -2.16. The number of thiazole rings is 1. The van der Waals surface area contributed by atoms with Crippen LogP contribution in [0.2, 0.25) is 5.02 Å². The second kappa shape index (κ2) is 8.59. The van der Waals surface area contributed by atoms with E-state index in [9.17, 15) is 13.2 Å². The van der Waals surface area contributed by atoms with E-state index in [0.29, 0.717) is 16.4 Å². The van der Waals surface area contributed by atoms with Gasteiger partial charge in [-0.3, -0.25) is 4.79 Å². The molecule has 0 aliphatic rings. The van der Waals surface area contributed by atoms with Crippen molar-refractivity contribution in [3.05, 3.63) is 57.9 Å². The highest BCUT2D eigenvalue weighted by molar-refractivity contribution is 7.91. The van der Waals surface area contributed by atoms with Gasteiger partial charge in [-0.1, -0.05) is 40.6 Å². The van der Waals surface area contributed by atoms with E-state index in [1.54, 1.807) is 24.3 Å². The van der Waals surface area contributed by atoms with Crippen molar-refractivity contribution in [1.29, 1.82) is 0 Å². The monoisotopic (exact) mass is 436 g/mol. The minimum atomic E-state index is -3.39. The quantitative estimate of drug-likeness (QED) is 0.576. The number of nitrogens with zero attached hydrogens (tertiary/aromatic N) is 2. The number of sulfone groups is 1. The van der Waals surface area contributed by atoms with Gasteiger partial charge in [0.05, 0.1) is 20.9 Å². The Morgan fingerprint density at radius 3 is 2.57 bits per heavy atom. The second-order valence-corrected chi connectivity index (χ2v) is 10.0. The zero-order chi connectivity index (χ0) is 20.3. The van der Waals surface area contributed by atoms with Crippen LogP contribution in [0.5, 0.6) is 0 Å². The van der Waals surface area contributed by atoms with Crippen molar-refractivity contribution in [3.8, 4) is 0 Å². The molecule has 3 aromatic rings. The van der Waals surface area contributed by atoms with Crippen LogP contribution in [0.25, 0.3) is 10.2 Å². The number of fused-ring (bicyclic) bond motifs is 1. The number of halogens is 1. The average molecular weight is 437 g/mol. The lowest BCUT2D eigenvalue weighted by Gasteiger charge is -2.04. The first-order valence-corrected chi connectivity index (χ1v) is 11.8. The van der Waals surface area contributed by atoms with Gasteiger partial charge in [0.2, 0.25) is 5.91 Å². The van der Waals surface area contributed by atoms with E-state index in [0.717, 1.165) is 15.8 Å². The van der Waals surface area contributed by atoms with Crippen molar-refractivity contribution >= 4 is 48.9 Å². The fourth-order valence-corrected chi connectivity index (χ4v) is 5.58. The number of rotatable bonds is 6. The molecule has 0 aliphatic heterocycles. The van der Waals surface area contributed by atoms with E-state index in [2.05, 4.69) is 4.99 Å². The van der Waals surface area contributed by atoms with Crippen LogP contribution in [0.1, 0.15) is 25.3 Å². The Morgan fingerprint density at radius 2 is 1.89 bits per heavy atom. The summed E-state index contributed by atoms with van der Waals surface area (Å²) in [5, 5.41) is 0.635. The van der Waals surface area contributed by atoms with Crippen molar-refractivity contribution in [3.63, 3.8) is 0 Å². The van der Waals surface area contributed by atoms with Crippen LogP contribution < -0.4 is 4.80 Å². The van der Waals surface area contributed by atoms with Gasteiger partial charge in [-0.15, -0.1) is 0 Å². The molecule has 148 valence electrons. The molecular weight excluding hydrogens is 416 g/mol. The maximum atomic E-state index is 12.4. The van der Waals surface area contributed by atoms with Crippen LogP contribution in [-0.4, -0.2) is 24.6 Å². The largest absolute Gasteiger partial charge is 0.317 e. The first-order valence-electron chi connectivity index (χ1n) is 8.96. The van der Waals surface area contributed by atoms with Gasteiger partial charge in [-0.2, -0.15) is 4.99 Å². The minimum absolute atomic E-state index is 0.0763. The molecule has 1 aromatic heterocycles. The van der Waals surface area contributed by atoms with E-state index in [1.165, 1.54) is 11.3 Å². The number of carbonyl (C=O) groups excluding carboxylic acids is 1. The summed E-state index contributed by atoms with van der Waals surface area (Å²) in [6, 6.07) is 12.3. The summed E-state index contributed by atoms with van der Waals surface area (Å²) in [7, 11) is -3.39. The molecule has 0 radical (unpaired) electrons. The van der Waals surface area contributed by atoms with Gasteiger partial charge in [-0.05, 0) is 50.6 Å². The highest BCUT2D eigenvalue weighted by Crippen LogP contribution is 2.22. The molecule has 0 bridgehead atoms. The third-order valence-electron chi connectivity index (χ3n) is 4.37. The number of benzene rings is 2. The molecule has 3 rings (SSSR count). The Balaban J connectivity index is 1.72. The minimum Gasteiger partial charge on any atom is -0.317 e. The van der Waals surface area contributed by atoms with E-state index in [-0.39, 0.29) is 29.4 Å². The van der Waals surface area contributed by atoms with Crippen molar-refractivity contribution < 1.29 is 13.2 Å². The molecule has 28 heavy (non-hydrogen) atoms. The molecule has 2 aromatic carbocycles. The number of aryl methyl sites for hydroxylation is 2. The SMILES string of the molecule is CCn1c(=NC(=O)CCCS(=O)(=O)c2ccc(C)cc2)sc2cc(Cl)ccc21. The van der Waals surface area contributed by atoms with Crippen molar-refractivity contribution in [2.45, 2.75) is 38.1 Å². The molecule has 0 N–H and O–H groups in total. The fourth-order valence-electron chi connectivity index (χ4n) is 2.88. The summed E-state index contributed by atoms with van der Waals surface area (Å²) in [6.45, 7) is 4.56. The Kier molecular flexibility index (Phi) is 6.37. The number of carbonyl (C=O) groups is 1. The van der Waals surface area contributed by atoms with E-state index >= 15 is 0 Å². The Bertz CT molecular complexity index is 1180. The zero-order valence-corrected chi connectivity index (χ0v) is 18.1. The molecule has 0 fully saturated rings. The van der Waals surface area contributed by atoms with Gasteiger partial charge in [0.1, 0.15) is 0 Å². The molecule has 0 aliphatic carbocycles. The van der Waals surface area contributed by atoms with Gasteiger partial charge in [0.25, 0.3) is 0 Å². The van der Waals surface area contributed by atoms with Crippen molar-refractivity contribution in [1.82, 2.24) is 4.57 Å². The first kappa shape index (κ1) is 20.8. The Hall–Kier alpha value is -1.96. The van der Waals surface area contributed by atoms with E-state index in [4.69, 9.17) is 11.6 Å². The first-order chi connectivity index (χ1) is 13.3.